The maximum absolute atomic E-state index is 14.6. The zero-order valence-electron chi connectivity index (χ0n) is 73.0. The molecule has 0 saturated carbocycles. The summed E-state index contributed by atoms with van der Waals surface area (Å²) in [5, 5.41) is 19.3. The number of amides is 9. The quantitative estimate of drug-likeness (QED) is 0.0114. The van der Waals surface area contributed by atoms with Crippen LogP contribution in [0.1, 0.15) is 189 Å². The van der Waals surface area contributed by atoms with E-state index in [0.717, 1.165) is 5.56 Å². The second-order valence-corrected chi connectivity index (χ2v) is 35.2. The van der Waals surface area contributed by atoms with Gasteiger partial charge >= 0.3 is 30.2 Å². The van der Waals surface area contributed by atoms with Gasteiger partial charge in [0.05, 0.1) is 38.9 Å². The third-order valence-electron chi connectivity index (χ3n) is 20.1. The summed E-state index contributed by atoms with van der Waals surface area (Å²) < 4.78 is 53.4. The summed E-state index contributed by atoms with van der Waals surface area (Å²) in [5.41, 5.74) is 15.4. The largest absolute Gasteiger partial charge is 0.468 e. The van der Waals surface area contributed by atoms with Crippen molar-refractivity contribution in [3.05, 3.63) is 143 Å². The fraction of sp³-hybridized carbons (Fsp3) is 0.584. The van der Waals surface area contributed by atoms with Gasteiger partial charge < -0.3 is 87.9 Å². The fourth-order valence-corrected chi connectivity index (χ4v) is 14.1. The first-order chi connectivity index (χ1) is 56.7. The van der Waals surface area contributed by atoms with Crippen LogP contribution in [-0.2, 0) is 97.3 Å². The summed E-state index contributed by atoms with van der Waals surface area (Å²) in [6.45, 7) is 23.4. The molecule has 0 bridgehead atoms. The molecule has 668 valence electrons. The molecule has 0 spiro atoms. The molecule has 32 heteroatoms. The number of alkyl carbamates (subject to hydrolysis) is 3. The van der Waals surface area contributed by atoms with Crippen molar-refractivity contribution in [3.8, 4) is 0 Å². The van der Waals surface area contributed by atoms with Gasteiger partial charge in [0, 0.05) is 63.7 Å². The lowest BCUT2D eigenvalue weighted by Gasteiger charge is -2.31. The molecule has 2 saturated heterocycles. The van der Waals surface area contributed by atoms with Gasteiger partial charge in [-0.15, -0.1) is 0 Å². The highest BCUT2D eigenvalue weighted by Crippen LogP contribution is 2.29. The van der Waals surface area contributed by atoms with Crippen LogP contribution in [0.2, 0.25) is 0 Å². The lowest BCUT2D eigenvalue weighted by Crippen LogP contribution is -2.59. The molecule has 2 unspecified atom stereocenters. The van der Waals surface area contributed by atoms with Crippen molar-refractivity contribution in [2.45, 2.75) is 257 Å². The topological polar surface area (TPSA) is 437 Å². The Hall–Kier alpha value is -10.5. The number of esters is 2. The van der Waals surface area contributed by atoms with Gasteiger partial charge in [-0.1, -0.05) is 113 Å². The van der Waals surface area contributed by atoms with E-state index in [-0.39, 0.29) is 120 Å². The monoisotopic (exact) mass is 1690 g/mol. The van der Waals surface area contributed by atoms with Gasteiger partial charge in [-0.05, 0) is 204 Å². The van der Waals surface area contributed by atoms with Crippen molar-refractivity contribution in [1.82, 2.24) is 47.0 Å². The van der Waals surface area contributed by atoms with Gasteiger partial charge in [-0.3, -0.25) is 38.4 Å². The number of unbranched alkanes of at least 4 members (excludes halogenated alkanes) is 2. The molecule has 4 aromatic rings. The van der Waals surface area contributed by atoms with Crippen LogP contribution in [0.15, 0.2) is 109 Å². The van der Waals surface area contributed by atoms with Crippen LogP contribution in [0.3, 0.4) is 0 Å². The molecular formula is C89H130F2N12O18. The van der Waals surface area contributed by atoms with E-state index < -0.39 is 153 Å². The number of nitrogens with zero attached hydrogens (tertiary/aromatic N) is 2. The van der Waals surface area contributed by atoms with Crippen LogP contribution < -0.4 is 54.4 Å². The molecule has 2 aliphatic heterocycles. The number of nitrogens with one attached hydrogen (secondary N) is 7. The van der Waals surface area contributed by atoms with Crippen LogP contribution in [0.25, 0.3) is 0 Å². The average molecular weight is 1690 g/mol. The lowest BCUT2D eigenvalue weighted by atomic mass is 9.88. The summed E-state index contributed by atoms with van der Waals surface area (Å²) in [4.78, 5) is 179. The van der Waals surface area contributed by atoms with E-state index in [0.29, 0.717) is 61.8 Å². The Morgan fingerprint density at radius 2 is 0.851 bits per heavy atom. The zero-order valence-corrected chi connectivity index (χ0v) is 73.0. The molecule has 10 atom stereocenters. The average Bonchev–Trinajstić information content (AvgIpc) is 1.65. The molecule has 121 heavy (non-hydrogen) atoms. The maximum Gasteiger partial charge on any atom is 0.408 e. The molecule has 0 aromatic heterocycles. The predicted molar refractivity (Wildman–Crippen MR) is 451 cm³/mol. The molecular weight excluding hydrogens is 1560 g/mol. The zero-order chi connectivity index (χ0) is 90.2. The number of ketones is 2. The van der Waals surface area contributed by atoms with E-state index in [4.69, 9.17) is 40.9 Å². The SMILES string of the molecule is COC(=O)C1(N)CCN(C(=O)[C@@H](CCCCN)NC(=O)[C@H](CC(=O)[C@@H](Cc2ccccc2)NC(=O)[C@H](N)Cc2ccc(F)cc2)CC(C)C)C1.COC(=O)C1(NC(=O)OC(C)(C)C)CCN(C(=O)[C@@H](CCCCNC(=O)OC(C)(C)C)NC(=O)[C@H](CC(=O)[C@@H](Cc2ccccc2)NC(=O)[C@@H](Cc2ccc(F)cc2)NC(=O)OC(C)(C)C)CC(C)C)C1. The number of nitrogens with two attached hydrogens (primary N) is 3. The fourth-order valence-electron chi connectivity index (χ4n) is 14.1. The third-order valence-corrected chi connectivity index (χ3v) is 20.1. The van der Waals surface area contributed by atoms with Gasteiger partial charge in [-0.25, -0.2) is 32.8 Å². The number of Topliss-reactive ketones (excluding diaryl/α,β-unsaturated/α-hetero) is 2. The molecule has 13 N–H and O–H groups in total. The molecule has 4 aromatic carbocycles. The summed E-state index contributed by atoms with van der Waals surface area (Å²) >= 11 is 0. The minimum absolute atomic E-state index is 0.00993. The smallest absolute Gasteiger partial charge is 0.408 e. The van der Waals surface area contributed by atoms with Gasteiger partial charge in [0.2, 0.25) is 35.4 Å². The van der Waals surface area contributed by atoms with Crippen molar-refractivity contribution < 1.29 is 94.8 Å². The van der Waals surface area contributed by atoms with Gasteiger partial charge in [0.1, 0.15) is 52.1 Å². The number of rotatable bonds is 41. The highest BCUT2D eigenvalue weighted by atomic mass is 19.1. The van der Waals surface area contributed by atoms with Crippen molar-refractivity contribution in [1.29, 1.82) is 0 Å². The first kappa shape index (κ1) is 101. The first-order valence-electron chi connectivity index (χ1n) is 41.5. The summed E-state index contributed by atoms with van der Waals surface area (Å²) in [6.07, 6.45) is 0.506. The van der Waals surface area contributed by atoms with Crippen LogP contribution in [0.5, 0.6) is 0 Å². The normalized spacial score (nSPS) is 17.3. The Morgan fingerprint density at radius 3 is 1.30 bits per heavy atom. The second kappa shape index (κ2) is 47.7. The number of carbonyl (C=O) groups is 13. The van der Waals surface area contributed by atoms with E-state index in [9.17, 15) is 71.1 Å². The summed E-state index contributed by atoms with van der Waals surface area (Å²) in [7, 11) is 2.41. The summed E-state index contributed by atoms with van der Waals surface area (Å²) in [5.74, 6) is -8.24. The summed E-state index contributed by atoms with van der Waals surface area (Å²) in [6, 6.07) is 22.7. The molecule has 6 rings (SSSR count). The number of halogens is 2. The van der Waals surface area contributed by atoms with Crippen molar-refractivity contribution in [2.75, 3.05) is 53.5 Å². The minimum Gasteiger partial charge on any atom is -0.468 e. The van der Waals surface area contributed by atoms with Gasteiger partial charge in [0.25, 0.3) is 0 Å². The first-order valence-corrected chi connectivity index (χ1v) is 41.5. The number of methoxy groups -OCH3 is 2. The second-order valence-electron chi connectivity index (χ2n) is 35.2. The van der Waals surface area contributed by atoms with Gasteiger partial charge in [0.15, 0.2) is 17.1 Å². The van der Waals surface area contributed by atoms with Crippen LogP contribution >= 0.6 is 0 Å². The highest BCUT2D eigenvalue weighted by molar-refractivity contribution is 5.98. The molecule has 2 aliphatic rings. The Morgan fingerprint density at radius 1 is 0.455 bits per heavy atom. The Kier molecular flexibility index (Phi) is 39.8. The van der Waals surface area contributed by atoms with E-state index in [2.05, 4.69) is 37.2 Å². The minimum atomic E-state index is -1.65. The number of hydrogen-bond acceptors (Lipinski definition) is 21. The number of carbonyl (C=O) groups excluding carboxylic acids is 13. The third kappa shape index (κ3) is 35.6. The lowest BCUT2D eigenvalue weighted by molar-refractivity contribution is -0.149. The molecule has 0 aliphatic carbocycles. The van der Waals surface area contributed by atoms with E-state index in [1.165, 1.54) is 60.4 Å². The van der Waals surface area contributed by atoms with Crippen molar-refractivity contribution >= 4 is 77.2 Å². The molecule has 2 fully saturated rings. The number of ether oxygens (including phenoxy) is 5. The van der Waals surface area contributed by atoms with Crippen molar-refractivity contribution in [2.24, 2.45) is 40.9 Å². The molecule has 9 amide bonds. The van der Waals surface area contributed by atoms with Gasteiger partial charge in [-0.2, -0.15) is 0 Å². The van der Waals surface area contributed by atoms with E-state index in [1.54, 1.807) is 105 Å². The number of likely N-dealkylation sites (tertiary alicyclic amines) is 2. The van der Waals surface area contributed by atoms with E-state index >= 15 is 0 Å². The highest BCUT2D eigenvalue weighted by Gasteiger charge is 2.51. The van der Waals surface area contributed by atoms with Crippen molar-refractivity contribution in [3.63, 3.8) is 0 Å². The Bertz CT molecular complexity index is 4080. The van der Waals surface area contributed by atoms with E-state index in [1.807, 2.05) is 58.0 Å². The number of hydrogen-bond donors (Lipinski definition) is 10. The van der Waals surface area contributed by atoms with Crippen LogP contribution in [-0.4, -0.2) is 205 Å². The maximum atomic E-state index is 14.6. The standard InChI is InChI=1S/C52H77FN6O12.C37H53FN6O6/c1-33(2)28-36(31-41(60)39(29-34-18-14-13-15-19-34)56-43(62)40(57-47(66)70-50(6,7)8)30-35-21-23-37(53)24-22-35)42(61)55-38(20-16-17-26-54-46(65)69-49(3,4)5)44(63)59-27-25-52(32-59,45(64)68-12)58-48(67)71-51(9,10)11;1-24(2)19-27(33(46)42-30(11-7-8-17-39)35(48)44-18-16-37(41,23-44)36(49)50-3)22-32(45)31(21-25-9-5-4-6-10-25)43-34(47)29(40)20-26-12-14-28(38)15-13-26/h13-15,18-19,21-24,33,36,38-40H,16-17,20,25-32H2,1-12H3,(H,54,65)(H,55,61)(H,56,62)(H,57,66)(H,58,67);4-6,9-10,12-15,24,27,29-31H,7-8,11,16-23,39-41H2,1-3H3,(H,42,46)(H,43,47)/t36-,38+,39+,40+,52?;27-,29+,30+,31+,37?/m00/s1. The molecule has 0 radical (unpaired) electrons. The Balaban J connectivity index is 0.000000457. The predicted octanol–water partition coefficient (Wildman–Crippen LogP) is 8.22. The molecule has 30 nitrogen and oxygen atoms in total. The van der Waals surface area contributed by atoms with Crippen LogP contribution in [0, 0.1) is 35.3 Å². The Labute approximate surface area is 710 Å². The number of benzene rings is 4. The van der Waals surface area contributed by atoms with Crippen LogP contribution in [0.4, 0.5) is 23.2 Å². The molecule has 2 heterocycles.